The van der Waals surface area contributed by atoms with Gasteiger partial charge < -0.3 is 18.8 Å². The molecule has 3 aliphatic carbocycles. The molecule has 3 fully saturated rings. The zero-order chi connectivity index (χ0) is 18.7. The van der Waals surface area contributed by atoms with Gasteiger partial charge >= 0.3 is 17.9 Å². The van der Waals surface area contributed by atoms with E-state index in [1.807, 2.05) is 10.6 Å². The fraction of sp³-hybridized carbons (Fsp3) is 0.421. The highest BCUT2D eigenvalue weighted by molar-refractivity contribution is 6.04. The lowest BCUT2D eigenvalue weighted by atomic mass is 9.31. The molecule has 7 heteroatoms. The molecule has 3 saturated carbocycles. The van der Waals surface area contributed by atoms with Crippen molar-refractivity contribution in [2.24, 2.45) is 10.8 Å². The second-order valence-electron chi connectivity index (χ2n) is 7.00. The van der Waals surface area contributed by atoms with Gasteiger partial charge in [-0.3, -0.25) is 9.59 Å². The highest BCUT2D eigenvalue weighted by atomic mass is 16.5. The topological polar surface area (TPSA) is 83.8 Å². The largest absolute Gasteiger partial charge is 0.469 e. The van der Waals surface area contributed by atoms with Gasteiger partial charge in [-0.25, -0.2) is 4.79 Å². The second-order valence-corrected chi connectivity index (χ2v) is 7.00. The molecule has 5 rings (SSSR count). The van der Waals surface area contributed by atoms with Crippen LogP contribution in [0.25, 0.3) is 10.9 Å². The Hall–Kier alpha value is -2.83. The van der Waals surface area contributed by atoms with E-state index in [9.17, 15) is 14.4 Å². The van der Waals surface area contributed by atoms with E-state index in [0.717, 1.165) is 5.52 Å². The van der Waals surface area contributed by atoms with E-state index in [2.05, 4.69) is 0 Å². The van der Waals surface area contributed by atoms with Gasteiger partial charge in [-0.15, -0.1) is 0 Å². The summed E-state index contributed by atoms with van der Waals surface area (Å²) < 4.78 is 16.7. The minimum Gasteiger partial charge on any atom is -0.469 e. The Bertz CT molecular complexity index is 909. The Labute approximate surface area is 149 Å². The van der Waals surface area contributed by atoms with Crippen LogP contribution >= 0.6 is 0 Å². The van der Waals surface area contributed by atoms with Gasteiger partial charge in [-0.2, -0.15) is 0 Å². The number of rotatable bonds is 4. The highest BCUT2D eigenvalue weighted by Crippen LogP contribution is 2.80. The lowest BCUT2D eigenvalue weighted by molar-refractivity contribution is -0.265. The molecule has 0 N–H and O–H groups in total. The van der Waals surface area contributed by atoms with Crippen LogP contribution in [0.3, 0.4) is 0 Å². The molecular weight excluding hydrogens is 338 g/mol. The minimum atomic E-state index is -0.726. The first-order chi connectivity index (χ1) is 12.4. The average molecular weight is 357 g/mol. The number of hydrogen-bond acceptors (Lipinski definition) is 6. The molecule has 3 aliphatic rings. The summed E-state index contributed by atoms with van der Waals surface area (Å²) in [7, 11) is 4.04. The van der Waals surface area contributed by atoms with Crippen LogP contribution in [0, 0.1) is 10.8 Å². The molecule has 0 unspecified atom stereocenters. The molecule has 1 aromatic heterocycles. The van der Waals surface area contributed by atoms with Crippen molar-refractivity contribution in [2.45, 2.75) is 18.9 Å². The number of ether oxygens (including phenoxy) is 3. The van der Waals surface area contributed by atoms with Gasteiger partial charge in [0, 0.05) is 17.1 Å². The van der Waals surface area contributed by atoms with Crippen molar-refractivity contribution < 1.29 is 28.6 Å². The third-order valence-electron chi connectivity index (χ3n) is 5.94. The Balaban J connectivity index is 1.85. The smallest absolute Gasteiger partial charge is 0.338 e. The minimum absolute atomic E-state index is 0.320. The number of benzene rings is 1. The molecule has 26 heavy (non-hydrogen) atoms. The maximum atomic E-state index is 12.4. The van der Waals surface area contributed by atoms with Crippen molar-refractivity contribution in [3.05, 3.63) is 36.0 Å². The molecular formula is C19H19NO6. The van der Waals surface area contributed by atoms with Gasteiger partial charge in [0.05, 0.1) is 43.8 Å². The summed E-state index contributed by atoms with van der Waals surface area (Å²) in [5.74, 6) is -1.07. The third-order valence-corrected chi connectivity index (χ3v) is 5.94. The van der Waals surface area contributed by atoms with Crippen molar-refractivity contribution in [3.8, 4) is 0 Å². The van der Waals surface area contributed by atoms with Crippen LogP contribution in [0.1, 0.15) is 29.2 Å². The molecule has 2 aromatic rings. The monoisotopic (exact) mass is 357 g/mol. The summed E-state index contributed by atoms with van der Waals surface area (Å²) in [6.45, 7) is 0. The predicted molar refractivity (Wildman–Crippen MR) is 90.4 cm³/mol. The first-order valence-corrected chi connectivity index (χ1v) is 8.30. The highest BCUT2D eigenvalue weighted by Gasteiger charge is 2.84. The van der Waals surface area contributed by atoms with Gasteiger partial charge in [0.15, 0.2) is 0 Å². The van der Waals surface area contributed by atoms with Crippen LogP contribution in [0.5, 0.6) is 0 Å². The summed E-state index contributed by atoms with van der Waals surface area (Å²) in [6.07, 6.45) is 2.64. The van der Waals surface area contributed by atoms with Crippen LogP contribution in [0.4, 0.5) is 0 Å². The molecule has 1 aromatic carbocycles. The quantitative estimate of drug-likeness (QED) is 0.615. The standard InChI is InChI=1S/C19H19NO6/c1-24-14(21)12-5-4-6-13-11(12)7-8-20(13)15-18(16(22)25-2)9-19(15,10-18)17(23)26-3/h4-8,15H,9-10H2,1-3H3. The Kier molecular flexibility index (Phi) is 3.41. The van der Waals surface area contributed by atoms with Crippen LogP contribution in [0.2, 0.25) is 0 Å². The first-order valence-electron chi connectivity index (χ1n) is 8.30. The maximum absolute atomic E-state index is 12.4. The fourth-order valence-corrected chi connectivity index (χ4v) is 4.88. The number of methoxy groups -OCH3 is 3. The normalized spacial score (nSPS) is 28.7. The maximum Gasteiger partial charge on any atom is 0.338 e. The molecule has 0 saturated heterocycles. The zero-order valence-corrected chi connectivity index (χ0v) is 14.8. The lowest BCUT2D eigenvalue weighted by Gasteiger charge is -2.72. The molecule has 1 heterocycles. The number of fused-ring (bicyclic) bond motifs is 1. The van der Waals surface area contributed by atoms with E-state index >= 15 is 0 Å². The Morgan fingerprint density at radius 3 is 2.12 bits per heavy atom. The fourth-order valence-electron chi connectivity index (χ4n) is 4.88. The number of esters is 3. The van der Waals surface area contributed by atoms with Crippen LogP contribution < -0.4 is 0 Å². The van der Waals surface area contributed by atoms with Crippen molar-refractivity contribution in [3.63, 3.8) is 0 Å². The number of hydrogen-bond donors (Lipinski definition) is 0. The van der Waals surface area contributed by atoms with E-state index in [-0.39, 0.29) is 18.0 Å². The third kappa shape index (κ3) is 1.75. The Morgan fingerprint density at radius 1 is 0.962 bits per heavy atom. The van der Waals surface area contributed by atoms with Gasteiger partial charge in [-0.1, -0.05) is 6.07 Å². The number of nitrogens with zero attached hydrogens (tertiary/aromatic N) is 1. The summed E-state index contributed by atoms with van der Waals surface area (Å²) in [6, 6.07) is 6.71. The van der Waals surface area contributed by atoms with Crippen LogP contribution in [0.15, 0.2) is 30.5 Å². The van der Waals surface area contributed by atoms with E-state index < -0.39 is 16.8 Å². The first kappa shape index (κ1) is 16.6. The second kappa shape index (κ2) is 5.33. The predicted octanol–water partition coefficient (Wildman–Crippen LogP) is 2.10. The number of carbonyl (C=O) groups excluding carboxylic acids is 3. The molecule has 2 bridgehead atoms. The van der Waals surface area contributed by atoms with Crippen molar-refractivity contribution in [1.82, 2.24) is 4.57 Å². The number of carbonyl (C=O) groups is 3. The molecule has 136 valence electrons. The molecule has 0 atom stereocenters. The van der Waals surface area contributed by atoms with Gasteiger partial charge in [-0.05, 0) is 31.0 Å². The van der Waals surface area contributed by atoms with Crippen molar-refractivity contribution >= 4 is 28.8 Å². The van der Waals surface area contributed by atoms with E-state index in [4.69, 9.17) is 14.2 Å². The summed E-state index contributed by atoms with van der Waals surface area (Å²) >= 11 is 0. The van der Waals surface area contributed by atoms with Crippen LogP contribution in [-0.4, -0.2) is 43.8 Å². The summed E-state index contributed by atoms with van der Waals surface area (Å²) in [5.41, 5.74) is -0.249. The van der Waals surface area contributed by atoms with Gasteiger partial charge in [0.1, 0.15) is 0 Å². The van der Waals surface area contributed by atoms with Crippen LogP contribution in [-0.2, 0) is 23.8 Å². The van der Waals surface area contributed by atoms with E-state index in [0.29, 0.717) is 23.8 Å². The van der Waals surface area contributed by atoms with Crippen molar-refractivity contribution in [2.75, 3.05) is 21.3 Å². The van der Waals surface area contributed by atoms with Crippen molar-refractivity contribution in [1.29, 1.82) is 0 Å². The molecule has 0 spiro atoms. The molecule has 0 radical (unpaired) electrons. The van der Waals surface area contributed by atoms with E-state index in [1.165, 1.54) is 21.3 Å². The molecule has 0 amide bonds. The van der Waals surface area contributed by atoms with Gasteiger partial charge in [0.2, 0.25) is 0 Å². The molecule has 0 aliphatic heterocycles. The zero-order valence-electron chi connectivity index (χ0n) is 14.8. The SMILES string of the molecule is COC(=O)c1cccc2c1ccn2C1C2(C(=O)OC)CC1(C(=O)OC)C2. The number of aromatic nitrogens is 1. The Morgan fingerprint density at radius 2 is 1.58 bits per heavy atom. The summed E-state index contributed by atoms with van der Waals surface area (Å²) in [5, 5.41) is 0.714. The summed E-state index contributed by atoms with van der Waals surface area (Å²) in [4.78, 5) is 36.8. The van der Waals surface area contributed by atoms with Gasteiger partial charge in [0.25, 0.3) is 0 Å². The molecule has 7 nitrogen and oxygen atoms in total. The average Bonchev–Trinajstić information content (AvgIpc) is 3.01. The van der Waals surface area contributed by atoms with E-state index in [1.54, 1.807) is 24.4 Å². The lowest BCUT2D eigenvalue weighted by Crippen LogP contribution is -2.76.